The van der Waals surface area contributed by atoms with Gasteiger partial charge < -0.3 is 4.90 Å². The van der Waals surface area contributed by atoms with Crippen molar-refractivity contribution in [1.29, 1.82) is 0 Å². The van der Waals surface area contributed by atoms with E-state index in [1.54, 1.807) is 11.3 Å². The molecule has 1 aromatic heterocycles. The van der Waals surface area contributed by atoms with Gasteiger partial charge in [-0.25, -0.2) is 9.78 Å². The summed E-state index contributed by atoms with van der Waals surface area (Å²) in [6, 6.07) is 0.0259. The van der Waals surface area contributed by atoms with Crippen molar-refractivity contribution >= 4 is 22.5 Å². The van der Waals surface area contributed by atoms with E-state index in [9.17, 15) is 4.79 Å². The zero-order chi connectivity index (χ0) is 13.2. The first-order valence-electron chi connectivity index (χ1n) is 7.27. The van der Waals surface area contributed by atoms with Gasteiger partial charge in [-0.3, -0.25) is 5.32 Å². The summed E-state index contributed by atoms with van der Waals surface area (Å²) in [6.45, 7) is 4.00. The molecule has 2 amide bonds. The second-order valence-corrected chi connectivity index (χ2v) is 6.78. The smallest absolute Gasteiger partial charge is 0.323 e. The predicted molar refractivity (Wildman–Crippen MR) is 77.7 cm³/mol. The number of rotatable bonds is 1. The molecule has 1 saturated heterocycles. The summed E-state index contributed by atoms with van der Waals surface area (Å²) in [6.07, 6.45) is 6.91. The Morgan fingerprint density at radius 2 is 2.05 bits per heavy atom. The van der Waals surface area contributed by atoms with Crippen molar-refractivity contribution in [3.05, 3.63) is 10.6 Å². The quantitative estimate of drug-likeness (QED) is 0.857. The average molecular weight is 279 g/mol. The van der Waals surface area contributed by atoms with E-state index in [-0.39, 0.29) is 6.03 Å². The topological polar surface area (TPSA) is 45.2 Å². The van der Waals surface area contributed by atoms with Gasteiger partial charge in [0, 0.05) is 18.0 Å². The van der Waals surface area contributed by atoms with Crippen LogP contribution < -0.4 is 5.32 Å². The van der Waals surface area contributed by atoms with Crippen molar-refractivity contribution in [3.8, 4) is 0 Å². The molecule has 1 fully saturated rings. The third-order valence-electron chi connectivity index (χ3n) is 4.13. The number of carbonyl (C=O) groups excluding carboxylic acids is 1. The molecule has 0 bridgehead atoms. The summed E-state index contributed by atoms with van der Waals surface area (Å²) in [4.78, 5) is 20.0. The summed E-state index contributed by atoms with van der Waals surface area (Å²) < 4.78 is 0. The van der Waals surface area contributed by atoms with Gasteiger partial charge in [0.25, 0.3) is 0 Å². The van der Waals surface area contributed by atoms with Gasteiger partial charge >= 0.3 is 6.03 Å². The Hall–Kier alpha value is -1.10. The molecule has 1 aliphatic heterocycles. The van der Waals surface area contributed by atoms with Gasteiger partial charge in [-0.1, -0.05) is 6.92 Å². The Kier molecular flexibility index (Phi) is 3.73. The van der Waals surface area contributed by atoms with Crippen LogP contribution in [0.4, 0.5) is 9.93 Å². The second kappa shape index (κ2) is 5.49. The number of aromatic nitrogens is 1. The molecule has 1 N–H and O–H groups in total. The number of nitrogens with one attached hydrogen (secondary N) is 1. The first kappa shape index (κ1) is 12.9. The molecule has 0 aromatic carbocycles. The number of aryl methyl sites for hydroxylation is 2. The monoisotopic (exact) mass is 279 g/mol. The second-order valence-electron chi connectivity index (χ2n) is 5.70. The third-order valence-corrected chi connectivity index (χ3v) is 5.20. The molecular weight excluding hydrogens is 258 g/mol. The summed E-state index contributed by atoms with van der Waals surface area (Å²) in [5, 5.41) is 3.77. The maximum atomic E-state index is 12.2. The molecule has 2 heterocycles. The highest BCUT2D eigenvalue weighted by atomic mass is 32.1. The molecule has 19 heavy (non-hydrogen) atoms. The fourth-order valence-corrected chi connectivity index (χ4v) is 3.83. The lowest BCUT2D eigenvalue weighted by Gasteiger charge is -2.29. The Labute approximate surface area is 118 Å². The van der Waals surface area contributed by atoms with Crippen molar-refractivity contribution in [2.75, 3.05) is 18.4 Å². The number of amides is 2. The molecule has 0 spiro atoms. The van der Waals surface area contributed by atoms with Crippen molar-refractivity contribution in [1.82, 2.24) is 9.88 Å². The number of nitrogens with zero attached hydrogens (tertiary/aromatic N) is 2. The van der Waals surface area contributed by atoms with E-state index in [1.807, 2.05) is 4.90 Å². The van der Waals surface area contributed by atoms with Gasteiger partial charge in [0.1, 0.15) is 0 Å². The van der Waals surface area contributed by atoms with Crippen molar-refractivity contribution in [3.63, 3.8) is 0 Å². The molecule has 2 aliphatic rings. The lowest BCUT2D eigenvalue weighted by Crippen LogP contribution is -2.40. The molecule has 0 radical (unpaired) electrons. The fourth-order valence-electron chi connectivity index (χ4n) is 2.79. The summed E-state index contributed by atoms with van der Waals surface area (Å²) >= 11 is 1.66. The molecule has 0 unspecified atom stereocenters. The van der Waals surface area contributed by atoms with Crippen LogP contribution in [-0.2, 0) is 12.8 Å². The summed E-state index contributed by atoms with van der Waals surface area (Å²) in [5.74, 6) is 0.747. The van der Waals surface area contributed by atoms with Gasteiger partial charge in [-0.2, -0.15) is 0 Å². The standard InChI is InChI=1S/C14H21N3OS/c1-10-6-8-17(9-7-10)14(18)16-13-15-11-4-2-3-5-12(11)19-13/h10H,2-9H2,1H3,(H,15,16,18). The zero-order valence-corrected chi connectivity index (χ0v) is 12.3. The molecule has 0 saturated carbocycles. The van der Waals surface area contributed by atoms with Crippen LogP contribution in [0.25, 0.3) is 0 Å². The Morgan fingerprint density at radius 1 is 1.32 bits per heavy atom. The highest BCUT2D eigenvalue weighted by molar-refractivity contribution is 7.15. The third kappa shape index (κ3) is 2.91. The number of fused-ring (bicyclic) bond motifs is 1. The molecule has 4 nitrogen and oxygen atoms in total. The lowest BCUT2D eigenvalue weighted by molar-refractivity contribution is 0.186. The molecule has 104 valence electrons. The molecular formula is C14H21N3OS. The minimum Gasteiger partial charge on any atom is -0.324 e. The normalized spacial score (nSPS) is 20.2. The van der Waals surface area contributed by atoms with Crippen LogP contribution >= 0.6 is 11.3 Å². The van der Waals surface area contributed by atoms with Crippen molar-refractivity contribution in [2.45, 2.75) is 45.4 Å². The Bertz CT molecular complexity index is 440. The fraction of sp³-hybridized carbons (Fsp3) is 0.714. The highest BCUT2D eigenvalue weighted by Crippen LogP contribution is 2.29. The van der Waals surface area contributed by atoms with Crippen molar-refractivity contribution in [2.24, 2.45) is 5.92 Å². The van der Waals surface area contributed by atoms with Crippen LogP contribution in [-0.4, -0.2) is 29.0 Å². The SMILES string of the molecule is CC1CCN(C(=O)Nc2nc3c(s2)CCCC3)CC1. The van der Waals surface area contributed by atoms with Crippen LogP contribution in [0.15, 0.2) is 0 Å². The number of anilines is 1. The predicted octanol–water partition coefficient (Wildman–Crippen LogP) is 3.29. The average Bonchev–Trinajstić information content (AvgIpc) is 2.81. The number of carbonyl (C=O) groups is 1. The lowest BCUT2D eigenvalue weighted by atomic mass is 10.00. The van der Waals surface area contributed by atoms with Gasteiger partial charge in [0.2, 0.25) is 0 Å². The zero-order valence-electron chi connectivity index (χ0n) is 11.4. The molecule has 5 heteroatoms. The Morgan fingerprint density at radius 3 is 2.79 bits per heavy atom. The number of urea groups is 1. The number of thiazole rings is 1. The van der Waals surface area contributed by atoms with Gasteiger partial charge in [0.05, 0.1) is 5.69 Å². The van der Waals surface area contributed by atoms with Crippen LogP contribution in [0.2, 0.25) is 0 Å². The first-order valence-corrected chi connectivity index (χ1v) is 8.08. The Balaban J connectivity index is 1.61. The van der Waals surface area contributed by atoms with Crippen LogP contribution in [0, 0.1) is 5.92 Å². The van der Waals surface area contributed by atoms with Gasteiger partial charge in [-0.15, -0.1) is 11.3 Å². The first-order chi connectivity index (χ1) is 9.22. The van der Waals surface area contributed by atoms with E-state index in [1.165, 1.54) is 23.4 Å². The van der Waals surface area contributed by atoms with Crippen molar-refractivity contribution < 1.29 is 4.79 Å². The molecule has 3 rings (SSSR count). The van der Waals surface area contributed by atoms with E-state index in [4.69, 9.17) is 0 Å². The molecule has 1 aliphatic carbocycles. The van der Waals surface area contributed by atoms with E-state index in [0.29, 0.717) is 0 Å². The maximum Gasteiger partial charge on any atom is 0.323 e. The number of hydrogen-bond donors (Lipinski definition) is 1. The van der Waals surface area contributed by atoms with Crippen LogP contribution in [0.3, 0.4) is 0 Å². The molecule has 0 atom stereocenters. The van der Waals surface area contributed by atoms with E-state index in [0.717, 1.165) is 49.8 Å². The summed E-state index contributed by atoms with van der Waals surface area (Å²) in [5.41, 5.74) is 1.21. The van der Waals surface area contributed by atoms with E-state index < -0.39 is 0 Å². The van der Waals surface area contributed by atoms with E-state index >= 15 is 0 Å². The van der Waals surface area contributed by atoms with Crippen LogP contribution in [0.5, 0.6) is 0 Å². The van der Waals surface area contributed by atoms with Crippen LogP contribution in [0.1, 0.15) is 43.2 Å². The van der Waals surface area contributed by atoms with E-state index in [2.05, 4.69) is 17.2 Å². The minimum absolute atomic E-state index is 0.0259. The number of likely N-dealkylation sites (tertiary alicyclic amines) is 1. The highest BCUT2D eigenvalue weighted by Gasteiger charge is 2.22. The largest absolute Gasteiger partial charge is 0.324 e. The molecule has 1 aromatic rings. The van der Waals surface area contributed by atoms with Gasteiger partial charge in [0.15, 0.2) is 5.13 Å². The number of hydrogen-bond acceptors (Lipinski definition) is 3. The number of piperidine rings is 1. The van der Waals surface area contributed by atoms with Gasteiger partial charge in [-0.05, 0) is 44.4 Å². The minimum atomic E-state index is 0.0259. The summed E-state index contributed by atoms with van der Waals surface area (Å²) in [7, 11) is 0. The maximum absolute atomic E-state index is 12.2.